The van der Waals surface area contributed by atoms with E-state index < -0.39 is 5.41 Å². The molecule has 5 heteroatoms. The molecule has 0 aliphatic carbocycles. The van der Waals surface area contributed by atoms with Crippen LogP contribution in [-0.2, 0) is 6.54 Å². The fraction of sp³-hybridized carbons (Fsp3) is 0.412. The number of aliphatic hydroxyl groups excluding tert-OH is 1. The third-order valence-corrected chi connectivity index (χ3v) is 4.40. The number of piperidine rings is 1. The molecule has 0 unspecified atom stereocenters. The van der Waals surface area contributed by atoms with Crippen LogP contribution in [0, 0.1) is 16.7 Å². The van der Waals surface area contributed by atoms with E-state index in [1.54, 1.807) is 0 Å². The Morgan fingerprint density at radius 3 is 2.55 bits per heavy atom. The van der Waals surface area contributed by atoms with Gasteiger partial charge in [0.2, 0.25) is 0 Å². The van der Waals surface area contributed by atoms with Gasteiger partial charge in [0.1, 0.15) is 0 Å². The van der Waals surface area contributed by atoms with Gasteiger partial charge >= 0.3 is 0 Å². The monoisotopic (exact) mass is 296 g/mol. The zero-order valence-electron chi connectivity index (χ0n) is 12.5. The molecule has 0 amide bonds. The molecule has 1 fully saturated rings. The van der Waals surface area contributed by atoms with Crippen molar-refractivity contribution in [1.29, 1.82) is 5.26 Å². The highest BCUT2D eigenvalue weighted by atomic mass is 16.3. The highest BCUT2D eigenvalue weighted by Gasteiger charge is 2.34. The average molecular weight is 296 g/mol. The molecule has 0 atom stereocenters. The number of nitriles is 1. The molecule has 2 heterocycles. The summed E-state index contributed by atoms with van der Waals surface area (Å²) in [5, 5.41) is 23.2. The van der Waals surface area contributed by atoms with Gasteiger partial charge in [0.15, 0.2) is 5.82 Å². The molecule has 2 aromatic rings. The molecule has 1 aliphatic rings. The van der Waals surface area contributed by atoms with Crippen LogP contribution in [-0.4, -0.2) is 34.6 Å². The molecule has 0 spiro atoms. The van der Waals surface area contributed by atoms with E-state index in [-0.39, 0.29) is 6.61 Å². The summed E-state index contributed by atoms with van der Waals surface area (Å²) in [6.45, 7) is 2.22. The van der Waals surface area contributed by atoms with Crippen LogP contribution in [0.2, 0.25) is 0 Å². The summed E-state index contributed by atoms with van der Waals surface area (Å²) in [5.74, 6) is 0.945. The Balaban J connectivity index is 1.64. The van der Waals surface area contributed by atoms with Crippen LogP contribution in [0.15, 0.2) is 42.6 Å². The van der Waals surface area contributed by atoms with Crippen molar-refractivity contribution in [2.75, 3.05) is 24.6 Å². The van der Waals surface area contributed by atoms with Gasteiger partial charge in [0.05, 0.1) is 24.6 Å². The molecule has 5 nitrogen and oxygen atoms in total. The minimum atomic E-state index is -0.566. The van der Waals surface area contributed by atoms with E-state index in [0.717, 1.165) is 25.5 Å². The Bertz CT molecular complexity index is 651. The first-order chi connectivity index (χ1) is 10.7. The second-order valence-electron chi connectivity index (χ2n) is 5.89. The van der Waals surface area contributed by atoms with Crippen molar-refractivity contribution in [2.24, 2.45) is 5.41 Å². The molecule has 3 rings (SSSR count). The van der Waals surface area contributed by atoms with Gasteiger partial charge in [-0.1, -0.05) is 30.3 Å². The molecule has 0 radical (unpaired) electrons. The summed E-state index contributed by atoms with van der Waals surface area (Å²) in [4.78, 5) is 2.19. The zero-order chi connectivity index (χ0) is 15.4. The van der Waals surface area contributed by atoms with Crippen molar-refractivity contribution < 1.29 is 5.11 Å². The van der Waals surface area contributed by atoms with Gasteiger partial charge in [-0.2, -0.15) is 10.4 Å². The van der Waals surface area contributed by atoms with Crippen molar-refractivity contribution >= 4 is 5.82 Å². The maximum atomic E-state index is 9.41. The third kappa shape index (κ3) is 2.97. The van der Waals surface area contributed by atoms with Crippen molar-refractivity contribution in [3.05, 3.63) is 48.2 Å². The van der Waals surface area contributed by atoms with Crippen molar-refractivity contribution in [1.82, 2.24) is 9.78 Å². The van der Waals surface area contributed by atoms with E-state index in [9.17, 15) is 10.4 Å². The molecule has 22 heavy (non-hydrogen) atoms. The van der Waals surface area contributed by atoms with Gasteiger partial charge < -0.3 is 10.0 Å². The van der Waals surface area contributed by atoms with Gasteiger partial charge in [-0.15, -0.1) is 0 Å². The topological polar surface area (TPSA) is 65.1 Å². The highest BCUT2D eigenvalue weighted by molar-refractivity contribution is 5.38. The quantitative estimate of drug-likeness (QED) is 0.937. The minimum Gasteiger partial charge on any atom is -0.395 e. The van der Waals surface area contributed by atoms with E-state index in [1.165, 1.54) is 5.56 Å². The molecule has 1 aliphatic heterocycles. The molecule has 114 valence electrons. The van der Waals surface area contributed by atoms with Gasteiger partial charge in [-0.05, 0) is 18.4 Å². The number of rotatable bonds is 4. The van der Waals surface area contributed by atoms with Crippen LogP contribution in [0.5, 0.6) is 0 Å². The molecule has 1 aromatic carbocycles. The molecular weight excluding hydrogens is 276 g/mol. The number of nitrogens with zero attached hydrogens (tertiary/aromatic N) is 4. The lowest BCUT2D eigenvalue weighted by Gasteiger charge is -2.36. The molecule has 0 bridgehead atoms. The van der Waals surface area contributed by atoms with Crippen LogP contribution in [0.1, 0.15) is 18.4 Å². The summed E-state index contributed by atoms with van der Waals surface area (Å²) >= 11 is 0. The third-order valence-electron chi connectivity index (χ3n) is 4.40. The maximum Gasteiger partial charge on any atom is 0.150 e. The van der Waals surface area contributed by atoms with Gasteiger partial charge in [0, 0.05) is 25.4 Å². The lowest BCUT2D eigenvalue weighted by Crippen LogP contribution is -2.41. The number of anilines is 1. The smallest absolute Gasteiger partial charge is 0.150 e. The van der Waals surface area contributed by atoms with Crippen LogP contribution in [0.25, 0.3) is 0 Å². The molecule has 1 aromatic heterocycles. The highest BCUT2D eigenvalue weighted by Crippen LogP contribution is 2.31. The van der Waals surface area contributed by atoms with Crippen molar-refractivity contribution in [3.8, 4) is 6.07 Å². The Hall–Kier alpha value is -2.32. The summed E-state index contributed by atoms with van der Waals surface area (Å²) in [7, 11) is 0. The average Bonchev–Trinajstić information content (AvgIpc) is 3.04. The number of hydrogen-bond acceptors (Lipinski definition) is 4. The van der Waals surface area contributed by atoms with E-state index in [0.29, 0.717) is 12.8 Å². The maximum absolute atomic E-state index is 9.41. The van der Waals surface area contributed by atoms with Crippen molar-refractivity contribution in [2.45, 2.75) is 19.4 Å². The molecule has 0 saturated carbocycles. The van der Waals surface area contributed by atoms with Crippen molar-refractivity contribution in [3.63, 3.8) is 0 Å². The first kappa shape index (κ1) is 14.6. The lowest BCUT2D eigenvalue weighted by molar-refractivity contribution is 0.147. The van der Waals surface area contributed by atoms with Gasteiger partial charge in [-0.3, -0.25) is 4.68 Å². The molecule has 1 saturated heterocycles. The van der Waals surface area contributed by atoms with Crippen LogP contribution in [0.3, 0.4) is 0 Å². The zero-order valence-corrected chi connectivity index (χ0v) is 12.5. The first-order valence-electron chi connectivity index (χ1n) is 7.59. The summed E-state index contributed by atoms with van der Waals surface area (Å²) in [5.41, 5.74) is 0.655. The van der Waals surface area contributed by atoms with Crippen LogP contribution < -0.4 is 4.90 Å². The second-order valence-corrected chi connectivity index (χ2v) is 5.89. The predicted octanol–water partition coefficient (Wildman–Crippen LogP) is 2.03. The van der Waals surface area contributed by atoms with E-state index in [1.807, 2.05) is 35.1 Å². The number of hydrogen-bond donors (Lipinski definition) is 1. The Morgan fingerprint density at radius 1 is 1.18 bits per heavy atom. The molecular formula is C17H20N4O. The Kier molecular flexibility index (Phi) is 4.12. The standard InChI is InChI=1S/C17H20N4O/c18-13-17(14-22)7-10-20(11-8-17)16-6-9-21(19-16)12-15-4-2-1-3-5-15/h1-6,9,22H,7-8,10-12,14H2. The molecule has 1 N–H and O–H groups in total. The lowest BCUT2D eigenvalue weighted by atomic mass is 9.81. The number of aromatic nitrogens is 2. The number of benzene rings is 1. The Labute approximate surface area is 130 Å². The van der Waals surface area contributed by atoms with Crippen LogP contribution in [0.4, 0.5) is 5.82 Å². The van der Waals surface area contributed by atoms with Gasteiger partial charge in [-0.25, -0.2) is 0 Å². The largest absolute Gasteiger partial charge is 0.395 e. The van der Waals surface area contributed by atoms with Gasteiger partial charge in [0.25, 0.3) is 0 Å². The van der Waals surface area contributed by atoms with E-state index in [4.69, 9.17) is 0 Å². The first-order valence-corrected chi connectivity index (χ1v) is 7.59. The summed E-state index contributed by atoms with van der Waals surface area (Å²) < 4.78 is 1.93. The number of aliphatic hydroxyl groups is 1. The summed E-state index contributed by atoms with van der Waals surface area (Å²) in [6.07, 6.45) is 3.36. The predicted molar refractivity (Wildman–Crippen MR) is 84.3 cm³/mol. The summed E-state index contributed by atoms with van der Waals surface area (Å²) in [6, 6.07) is 14.5. The fourth-order valence-corrected chi connectivity index (χ4v) is 2.85. The van der Waals surface area contributed by atoms with Crippen LogP contribution >= 0.6 is 0 Å². The van der Waals surface area contributed by atoms with E-state index >= 15 is 0 Å². The normalized spacial score (nSPS) is 17.2. The Morgan fingerprint density at radius 2 is 1.91 bits per heavy atom. The minimum absolute atomic E-state index is 0.0558. The van der Waals surface area contributed by atoms with E-state index in [2.05, 4.69) is 28.2 Å². The fourth-order valence-electron chi connectivity index (χ4n) is 2.85. The SMILES string of the molecule is N#CC1(CO)CCN(c2ccn(Cc3ccccc3)n2)CC1. The second kappa shape index (κ2) is 6.20.